The molecular formula is C26H36N2O3S. The van der Waals surface area contributed by atoms with Crippen molar-refractivity contribution < 1.29 is 14.3 Å². The first kappa shape index (κ1) is 24.5. The molecular weight excluding hydrogens is 420 g/mol. The number of carbonyl (C=O) groups is 1. The monoisotopic (exact) mass is 456 g/mol. The van der Waals surface area contributed by atoms with Crippen LogP contribution in [0.5, 0.6) is 5.75 Å². The van der Waals surface area contributed by atoms with E-state index in [4.69, 9.17) is 9.47 Å². The van der Waals surface area contributed by atoms with Crippen molar-refractivity contribution in [3.63, 3.8) is 0 Å². The predicted octanol–water partition coefficient (Wildman–Crippen LogP) is 6.20. The number of hydrogen-bond acceptors (Lipinski definition) is 5. The third-order valence-electron chi connectivity index (χ3n) is 5.44. The first-order valence-electron chi connectivity index (χ1n) is 11.3. The second-order valence-corrected chi connectivity index (χ2v) is 10.6. The fraction of sp³-hybridized carbons (Fsp3) is 0.500. The van der Waals surface area contributed by atoms with Gasteiger partial charge in [-0.25, -0.2) is 0 Å². The molecule has 2 N–H and O–H groups in total. The normalized spacial score (nSPS) is 14.8. The lowest BCUT2D eigenvalue weighted by atomic mass is 9.92. The standard InChI is InChI=1S/C26H36N2O3S/c1-26(2,3)16-25(29)28-24-15-22(32-18-20-5-7-21(30-4)8-6-20)9-10-23(24)27-17-19-11-13-31-14-12-19/h5-10,15,19,27H,11-14,16-18H2,1-4H3,(H,28,29). The lowest BCUT2D eigenvalue weighted by Crippen LogP contribution is -2.24. The Bertz CT molecular complexity index is 872. The molecule has 174 valence electrons. The van der Waals surface area contributed by atoms with Crippen molar-refractivity contribution in [3.05, 3.63) is 48.0 Å². The molecule has 2 aromatic carbocycles. The fourth-order valence-corrected chi connectivity index (χ4v) is 4.53. The van der Waals surface area contributed by atoms with Crippen molar-refractivity contribution in [2.75, 3.05) is 37.5 Å². The number of thioether (sulfide) groups is 1. The van der Waals surface area contributed by atoms with Crippen LogP contribution < -0.4 is 15.4 Å². The van der Waals surface area contributed by atoms with Crippen LogP contribution in [-0.2, 0) is 15.3 Å². The van der Waals surface area contributed by atoms with Crippen LogP contribution in [0, 0.1) is 11.3 Å². The van der Waals surface area contributed by atoms with E-state index in [1.165, 1.54) is 5.56 Å². The number of anilines is 2. The maximum atomic E-state index is 12.7. The maximum Gasteiger partial charge on any atom is 0.224 e. The zero-order chi connectivity index (χ0) is 23.0. The van der Waals surface area contributed by atoms with Gasteiger partial charge in [0.25, 0.3) is 0 Å². The van der Waals surface area contributed by atoms with E-state index >= 15 is 0 Å². The van der Waals surface area contributed by atoms with E-state index in [2.05, 4.69) is 61.7 Å². The largest absolute Gasteiger partial charge is 0.497 e. The molecule has 0 bridgehead atoms. The van der Waals surface area contributed by atoms with Crippen LogP contribution in [-0.4, -0.2) is 32.8 Å². The molecule has 3 rings (SSSR count). The summed E-state index contributed by atoms with van der Waals surface area (Å²) in [4.78, 5) is 13.8. The molecule has 0 spiro atoms. The molecule has 0 aromatic heterocycles. The molecule has 32 heavy (non-hydrogen) atoms. The second-order valence-electron chi connectivity index (χ2n) is 9.57. The molecule has 0 aliphatic carbocycles. The number of amides is 1. The Morgan fingerprint density at radius 1 is 1.09 bits per heavy atom. The summed E-state index contributed by atoms with van der Waals surface area (Å²) in [5.74, 6) is 2.37. The first-order chi connectivity index (χ1) is 15.3. The summed E-state index contributed by atoms with van der Waals surface area (Å²) >= 11 is 1.76. The van der Waals surface area contributed by atoms with Gasteiger partial charge in [-0.3, -0.25) is 4.79 Å². The summed E-state index contributed by atoms with van der Waals surface area (Å²) in [6.07, 6.45) is 2.64. The van der Waals surface area contributed by atoms with Crippen molar-refractivity contribution in [2.45, 2.75) is 50.7 Å². The van der Waals surface area contributed by atoms with Gasteiger partial charge >= 0.3 is 0 Å². The van der Waals surface area contributed by atoms with Gasteiger partial charge in [0.05, 0.1) is 18.5 Å². The summed E-state index contributed by atoms with van der Waals surface area (Å²) < 4.78 is 10.7. The molecule has 1 aliphatic rings. The number of methoxy groups -OCH3 is 1. The Morgan fingerprint density at radius 2 is 1.81 bits per heavy atom. The van der Waals surface area contributed by atoms with E-state index in [-0.39, 0.29) is 11.3 Å². The number of rotatable bonds is 9. The Balaban J connectivity index is 1.69. The van der Waals surface area contributed by atoms with Gasteiger partial charge in [-0.2, -0.15) is 0 Å². The summed E-state index contributed by atoms with van der Waals surface area (Å²) in [6, 6.07) is 14.4. The molecule has 1 aliphatic heterocycles. The quantitative estimate of drug-likeness (QED) is 0.440. The van der Waals surface area contributed by atoms with Crippen molar-refractivity contribution >= 4 is 29.0 Å². The van der Waals surface area contributed by atoms with Crippen molar-refractivity contribution in [3.8, 4) is 5.75 Å². The van der Waals surface area contributed by atoms with Gasteiger partial charge in [-0.05, 0) is 60.1 Å². The van der Waals surface area contributed by atoms with E-state index < -0.39 is 0 Å². The topological polar surface area (TPSA) is 59.6 Å². The van der Waals surface area contributed by atoms with Crippen LogP contribution in [0.4, 0.5) is 11.4 Å². The summed E-state index contributed by atoms with van der Waals surface area (Å²) in [5.41, 5.74) is 3.01. The zero-order valence-electron chi connectivity index (χ0n) is 19.7. The number of carbonyl (C=O) groups excluding carboxylic acids is 1. The maximum absolute atomic E-state index is 12.7. The molecule has 0 radical (unpaired) electrons. The molecule has 1 fully saturated rings. The van der Waals surface area contributed by atoms with E-state index in [1.54, 1.807) is 18.9 Å². The van der Waals surface area contributed by atoms with Crippen LogP contribution in [0.25, 0.3) is 0 Å². The Hall–Kier alpha value is -2.18. The van der Waals surface area contributed by atoms with Gasteiger partial charge in [-0.1, -0.05) is 32.9 Å². The molecule has 5 nitrogen and oxygen atoms in total. The highest BCUT2D eigenvalue weighted by Gasteiger charge is 2.18. The van der Waals surface area contributed by atoms with Gasteiger partial charge in [0.2, 0.25) is 5.91 Å². The minimum absolute atomic E-state index is 0.0453. The minimum atomic E-state index is -0.0551. The third kappa shape index (κ3) is 8.06. The van der Waals surface area contributed by atoms with Gasteiger partial charge in [0, 0.05) is 36.8 Å². The van der Waals surface area contributed by atoms with Crippen molar-refractivity contribution in [1.82, 2.24) is 0 Å². The van der Waals surface area contributed by atoms with Crippen molar-refractivity contribution in [1.29, 1.82) is 0 Å². The summed E-state index contributed by atoms with van der Waals surface area (Å²) in [6.45, 7) is 8.81. The zero-order valence-corrected chi connectivity index (χ0v) is 20.5. The first-order valence-corrected chi connectivity index (χ1v) is 12.3. The fourth-order valence-electron chi connectivity index (χ4n) is 3.64. The smallest absolute Gasteiger partial charge is 0.224 e. The van der Waals surface area contributed by atoms with Gasteiger partial charge in [0.15, 0.2) is 0 Å². The van der Waals surface area contributed by atoms with Gasteiger partial charge < -0.3 is 20.1 Å². The average Bonchev–Trinajstić information content (AvgIpc) is 2.77. The number of hydrogen-bond donors (Lipinski definition) is 2. The van der Waals surface area contributed by atoms with E-state index in [9.17, 15) is 4.79 Å². The summed E-state index contributed by atoms with van der Waals surface area (Å²) in [5, 5.41) is 6.72. The number of ether oxygens (including phenoxy) is 2. The molecule has 2 aromatic rings. The van der Waals surface area contributed by atoms with Crippen LogP contribution in [0.3, 0.4) is 0 Å². The minimum Gasteiger partial charge on any atom is -0.497 e. The predicted molar refractivity (Wildman–Crippen MR) is 134 cm³/mol. The highest BCUT2D eigenvalue weighted by molar-refractivity contribution is 7.98. The average molecular weight is 457 g/mol. The molecule has 1 amide bonds. The Morgan fingerprint density at radius 3 is 2.47 bits per heavy atom. The van der Waals surface area contributed by atoms with E-state index in [1.807, 2.05) is 12.1 Å². The molecule has 1 heterocycles. The van der Waals surface area contributed by atoms with E-state index in [0.29, 0.717) is 12.3 Å². The Kier molecular flexibility index (Phi) is 8.88. The summed E-state index contributed by atoms with van der Waals surface area (Å²) in [7, 11) is 1.68. The highest BCUT2D eigenvalue weighted by atomic mass is 32.2. The number of benzene rings is 2. The van der Waals surface area contributed by atoms with Gasteiger partial charge in [-0.15, -0.1) is 11.8 Å². The molecule has 0 saturated carbocycles. The SMILES string of the molecule is COc1ccc(CSc2ccc(NCC3CCOCC3)c(NC(=O)CC(C)(C)C)c2)cc1. The van der Waals surface area contributed by atoms with Crippen LogP contribution in [0.1, 0.15) is 45.6 Å². The molecule has 6 heteroatoms. The highest BCUT2D eigenvalue weighted by Crippen LogP contribution is 2.32. The lowest BCUT2D eigenvalue weighted by Gasteiger charge is -2.24. The second kappa shape index (κ2) is 11.6. The Labute approximate surface area is 196 Å². The van der Waals surface area contributed by atoms with Crippen LogP contribution in [0.2, 0.25) is 0 Å². The molecule has 0 unspecified atom stereocenters. The third-order valence-corrected chi connectivity index (χ3v) is 6.51. The molecule has 0 atom stereocenters. The van der Waals surface area contributed by atoms with Crippen LogP contribution >= 0.6 is 11.8 Å². The van der Waals surface area contributed by atoms with Gasteiger partial charge in [0.1, 0.15) is 5.75 Å². The number of nitrogens with one attached hydrogen (secondary N) is 2. The van der Waals surface area contributed by atoms with Crippen LogP contribution in [0.15, 0.2) is 47.4 Å². The lowest BCUT2D eigenvalue weighted by molar-refractivity contribution is -0.117. The van der Waals surface area contributed by atoms with Crippen molar-refractivity contribution in [2.24, 2.45) is 11.3 Å². The molecule has 1 saturated heterocycles. The van der Waals surface area contributed by atoms with E-state index in [0.717, 1.165) is 60.4 Å².